The molecule has 0 bridgehead atoms. The zero-order valence-electron chi connectivity index (χ0n) is 11.6. The summed E-state index contributed by atoms with van der Waals surface area (Å²) in [4.78, 5) is 7.11. The molecule has 0 amide bonds. The molecule has 0 atom stereocenters. The van der Waals surface area contributed by atoms with Crippen molar-refractivity contribution >= 4 is 10.0 Å². The summed E-state index contributed by atoms with van der Waals surface area (Å²) in [5.74, 6) is 6.16. The van der Waals surface area contributed by atoms with Crippen LogP contribution in [0.3, 0.4) is 0 Å². The smallest absolute Gasteiger partial charge is 0.243 e. The van der Waals surface area contributed by atoms with Crippen LogP contribution >= 0.6 is 0 Å². The van der Waals surface area contributed by atoms with Gasteiger partial charge < -0.3 is 10.7 Å². The van der Waals surface area contributed by atoms with E-state index < -0.39 is 10.0 Å². The lowest BCUT2D eigenvalue weighted by molar-refractivity contribution is 0.458. The van der Waals surface area contributed by atoms with Gasteiger partial charge in [-0.05, 0) is 24.3 Å². The lowest BCUT2D eigenvalue weighted by Gasteiger charge is -2.15. The molecule has 0 saturated heterocycles. The van der Waals surface area contributed by atoms with E-state index in [4.69, 9.17) is 5.73 Å². The van der Waals surface area contributed by atoms with Crippen LogP contribution in [0.15, 0.2) is 41.6 Å². The van der Waals surface area contributed by atoms with Crippen LogP contribution in [0.2, 0.25) is 0 Å². The number of H-pyrrole nitrogens is 1. The first-order valence-electron chi connectivity index (χ1n) is 6.27. The Morgan fingerprint density at radius 1 is 1.33 bits per heavy atom. The number of imidazole rings is 1. The second kappa shape index (κ2) is 6.54. The Labute approximate surface area is 124 Å². The largest absolute Gasteiger partial charge is 0.347 e. The van der Waals surface area contributed by atoms with Gasteiger partial charge in [0.2, 0.25) is 10.0 Å². The normalized spacial score (nSPS) is 11.2. The molecule has 0 saturated carbocycles. The molecule has 0 unspecified atom stereocenters. The van der Waals surface area contributed by atoms with Crippen LogP contribution in [0, 0.1) is 11.8 Å². The predicted molar refractivity (Wildman–Crippen MR) is 79.6 cm³/mol. The summed E-state index contributed by atoms with van der Waals surface area (Å²) in [6.07, 6.45) is 3.24. The molecule has 0 aliphatic carbocycles. The van der Waals surface area contributed by atoms with Crippen molar-refractivity contribution in [3.63, 3.8) is 0 Å². The Morgan fingerprint density at radius 3 is 2.62 bits per heavy atom. The van der Waals surface area contributed by atoms with Gasteiger partial charge in [0.1, 0.15) is 5.82 Å². The number of rotatable bonds is 4. The second-order valence-corrected chi connectivity index (χ2v) is 6.37. The third-order valence-electron chi connectivity index (χ3n) is 2.82. The first kappa shape index (κ1) is 15.3. The van der Waals surface area contributed by atoms with Crippen LogP contribution in [-0.4, -0.2) is 36.3 Å². The maximum atomic E-state index is 12.4. The highest BCUT2D eigenvalue weighted by molar-refractivity contribution is 7.89. The van der Waals surface area contributed by atoms with E-state index >= 15 is 0 Å². The van der Waals surface area contributed by atoms with Gasteiger partial charge >= 0.3 is 0 Å². The first-order valence-corrected chi connectivity index (χ1v) is 7.71. The predicted octanol–water partition coefficient (Wildman–Crippen LogP) is 0.541. The summed E-state index contributed by atoms with van der Waals surface area (Å²) in [6.45, 7) is 0.454. The van der Waals surface area contributed by atoms with Gasteiger partial charge in [0, 0.05) is 25.0 Å². The number of benzene rings is 1. The maximum absolute atomic E-state index is 12.4. The van der Waals surface area contributed by atoms with Crippen molar-refractivity contribution in [2.75, 3.05) is 13.6 Å². The third kappa shape index (κ3) is 3.70. The number of sulfonamides is 1. The lowest BCUT2D eigenvalue weighted by Crippen LogP contribution is -2.27. The van der Waals surface area contributed by atoms with Crippen LogP contribution in [0.4, 0.5) is 0 Å². The van der Waals surface area contributed by atoms with Crippen molar-refractivity contribution in [3.8, 4) is 11.8 Å². The molecule has 2 aromatic rings. The second-order valence-electron chi connectivity index (χ2n) is 4.33. The number of nitrogens with zero attached hydrogens (tertiary/aromatic N) is 2. The van der Waals surface area contributed by atoms with Crippen LogP contribution in [-0.2, 0) is 16.6 Å². The Hall–Kier alpha value is -2.14. The molecule has 110 valence electrons. The van der Waals surface area contributed by atoms with E-state index in [1.54, 1.807) is 24.5 Å². The van der Waals surface area contributed by atoms with Gasteiger partial charge in [-0.1, -0.05) is 11.8 Å². The average Bonchev–Trinajstić information content (AvgIpc) is 2.98. The van der Waals surface area contributed by atoms with Crippen molar-refractivity contribution in [2.24, 2.45) is 5.73 Å². The van der Waals surface area contributed by atoms with E-state index in [1.165, 1.54) is 23.5 Å². The van der Waals surface area contributed by atoms with Gasteiger partial charge in [-0.2, -0.15) is 4.31 Å². The Balaban J connectivity index is 2.18. The summed E-state index contributed by atoms with van der Waals surface area (Å²) in [5.41, 5.74) is 6.02. The van der Waals surface area contributed by atoms with E-state index in [0.717, 1.165) is 5.56 Å². The highest BCUT2D eigenvalue weighted by Crippen LogP contribution is 2.16. The lowest BCUT2D eigenvalue weighted by atomic mass is 10.2. The van der Waals surface area contributed by atoms with E-state index in [-0.39, 0.29) is 18.0 Å². The fourth-order valence-electron chi connectivity index (χ4n) is 1.72. The highest BCUT2D eigenvalue weighted by atomic mass is 32.2. The molecule has 0 aliphatic rings. The molecule has 2 rings (SSSR count). The molecule has 1 aromatic heterocycles. The van der Waals surface area contributed by atoms with Crippen molar-refractivity contribution in [1.82, 2.24) is 14.3 Å². The molecule has 6 nitrogen and oxygen atoms in total. The number of hydrogen-bond donors (Lipinski definition) is 2. The summed E-state index contributed by atoms with van der Waals surface area (Å²) >= 11 is 0. The monoisotopic (exact) mass is 304 g/mol. The SMILES string of the molecule is CN(Cc1ncc[nH]1)S(=O)(=O)c1ccc(C#CCN)cc1. The summed E-state index contributed by atoms with van der Waals surface area (Å²) in [7, 11) is -2.04. The first-order chi connectivity index (χ1) is 10.0. The molecular formula is C14H16N4O2S. The molecule has 3 N–H and O–H groups in total. The Bertz CT molecular complexity index is 741. The fourth-order valence-corrected chi connectivity index (χ4v) is 2.86. The van der Waals surface area contributed by atoms with Gasteiger partial charge in [-0.15, -0.1) is 0 Å². The molecule has 0 aliphatic heterocycles. The Morgan fingerprint density at radius 2 is 2.05 bits per heavy atom. The van der Waals surface area contributed by atoms with E-state index in [1.807, 2.05) is 0 Å². The van der Waals surface area contributed by atoms with Crippen LogP contribution in [0.5, 0.6) is 0 Å². The van der Waals surface area contributed by atoms with E-state index in [0.29, 0.717) is 5.82 Å². The third-order valence-corrected chi connectivity index (χ3v) is 4.64. The van der Waals surface area contributed by atoms with Gasteiger partial charge in [-0.3, -0.25) is 0 Å². The molecule has 0 radical (unpaired) electrons. The fraction of sp³-hybridized carbons (Fsp3) is 0.214. The molecule has 1 aromatic carbocycles. The van der Waals surface area contributed by atoms with E-state index in [9.17, 15) is 8.42 Å². The molecule has 0 spiro atoms. The average molecular weight is 304 g/mol. The number of hydrogen-bond acceptors (Lipinski definition) is 4. The minimum Gasteiger partial charge on any atom is -0.347 e. The number of aromatic amines is 1. The highest BCUT2D eigenvalue weighted by Gasteiger charge is 2.21. The number of nitrogens with one attached hydrogen (secondary N) is 1. The van der Waals surface area contributed by atoms with Gasteiger partial charge in [0.15, 0.2) is 0 Å². The van der Waals surface area contributed by atoms with Crippen LogP contribution in [0.1, 0.15) is 11.4 Å². The molecule has 7 heteroatoms. The standard InChI is InChI=1S/C14H16N4O2S/c1-18(11-14-16-9-10-17-14)21(19,20)13-6-4-12(5-7-13)3-2-8-15/h4-7,9-10H,8,11,15H2,1H3,(H,16,17). The quantitative estimate of drug-likeness (QED) is 0.806. The molecular weight excluding hydrogens is 288 g/mol. The Kier molecular flexibility index (Phi) is 4.75. The molecule has 21 heavy (non-hydrogen) atoms. The minimum absolute atomic E-state index is 0.185. The van der Waals surface area contributed by atoms with Crippen LogP contribution in [0.25, 0.3) is 0 Å². The summed E-state index contributed by atoms with van der Waals surface area (Å²) < 4.78 is 26.1. The van der Waals surface area contributed by atoms with Crippen molar-refractivity contribution in [1.29, 1.82) is 0 Å². The topological polar surface area (TPSA) is 92.1 Å². The van der Waals surface area contributed by atoms with Crippen molar-refractivity contribution in [3.05, 3.63) is 48.0 Å². The van der Waals surface area contributed by atoms with Gasteiger partial charge in [0.05, 0.1) is 18.0 Å². The van der Waals surface area contributed by atoms with E-state index in [2.05, 4.69) is 21.8 Å². The van der Waals surface area contributed by atoms with Crippen molar-refractivity contribution in [2.45, 2.75) is 11.4 Å². The van der Waals surface area contributed by atoms with Crippen LogP contribution < -0.4 is 5.73 Å². The molecule has 1 heterocycles. The zero-order valence-corrected chi connectivity index (χ0v) is 12.4. The zero-order chi connectivity index (χ0) is 15.3. The summed E-state index contributed by atoms with van der Waals surface area (Å²) in [5, 5.41) is 0. The number of aromatic nitrogens is 2. The molecule has 0 fully saturated rings. The summed E-state index contributed by atoms with van der Waals surface area (Å²) in [6, 6.07) is 6.40. The number of nitrogens with two attached hydrogens (primary N) is 1. The van der Waals surface area contributed by atoms with Gasteiger partial charge in [0.25, 0.3) is 0 Å². The maximum Gasteiger partial charge on any atom is 0.243 e. The van der Waals surface area contributed by atoms with Gasteiger partial charge in [-0.25, -0.2) is 13.4 Å². The minimum atomic E-state index is -3.55. The van der Waals surface area contributed by atoms with Crippen molar-refractivity contribution < 1.29 is 8.42 Å².